The lowest BCUT2D eigenvalue weighted by Crippen LogP contribution is -2.02. The van der Waals surface area contributed by atoms with Crippen molar-refractivity contribution in [3.63, 3.8) is 0 Å². The van der Waals surface area contributed by atoms with Crippen LogP contribution in [0.4, 0.5) is 0 Å². The molecular weight excluding hydrogens is 757 g/mol. The Morgan fingerprint density at radius 1 is 0.306 bits per heavy atom. The molecule has 8 aromatic carbocycles. The molecule has 62 heavy (non-hydrogen) atoms. The van der Waals surface area contributed by atoms with Gasteiger partial charge in [-0.15, -0.1) is 0 Å². The fraction of sp³-hybridized carbons (Fsp3) is 0. The van der Waals surface area contributed by atoms with Gasteiger partial charge in [0, 0.05) is 33.4 Å². The smallest absolute Gasteiger partial charge is 0.164 e. The van der Waals surface area contributed by atoms with Gasteiger partial charge in [-0.25, -0.2) is 29.9 Å². The minimum Gasteiger partial charge on any atom is -0.208 e. The zero-order valence-corrected chi connectivity index (χ0v) is 33.7. The Morgan fingerprint density at radius 3 is 1.15 bits per heavy atom. The Balaban J connectivity index is 0.945. The summed E-state index contributed by atoms with van der Waals surface area (Å²) in [5, 5.41) is 4.63. The first kappa shape index (κ1) is 37.8. The number of hydrogen-bond donors (Lipinski definition) is 0. The molecule has 0 atom stereocenters. The summed E-state index contributed by atoms with van der Waals surface area (Å²) < 4.78 is 0. The number of hydrogen-bond acceptors (Lipinski definition) is 6. The van der Waals surface area contributed by atoms with E-state index >= 15 is 0 Å². The minimum absolute atomic E-state index is 0.543. The van der Waals surface area contributed by atoms with Crippen molar-refractivity contribution in [2.45, 2.75) is 0 Å². The van der Waals surface area contributed by atoms with Gasteiger partial charge in [0.25, 0.3) is 0 Å². The first-order valence-corrected chi connectivity index (χ1v) is 20.4. The number of aromatic nitrogens is 6. The maximum absolute atomic E-state index is 5.01. The highest BCUT2D eigenvalue weighted by atomic mass is 15.0. The third kappa shape index (κ3) is 7.72. The molecule has 0 N–H and O–H groups in total. The molecule has 0 saturated carbocycles. The fourth-order valence-corrected chi connectivity index (χ4v) is 7.62. The highest BCUT2D eigenvalue weighted by molar-refractivity contribution is 5.91. The van der Waals surface area contributed by atoms with Gasteiger partial charge in [-0.3, -0.25) is 0 Å². The van der Waals surface area contributed by atoms with Gasteiger partial charge >= 0.3 is 0 Å². The predicted octanol–water partition coefficient (Wildman–Crippen LogP) is 13.8. The van der Waals surface area contributed by atoms with E-state index < -0.39 is 0 Å². The quantitative estimate of drug-likeness (QED) is 0.128. The second kappa shape index (κ2) is 16.6. The van der Waals surface area contributed by atoms with Crippen molar-refractivity contribution in [3.8, 4) is 79.2 Å². The number of nitrogens with zero attached hydrogens (tertiary/aromatic N) is 6. The van der Waals surface area contributed by atoms with Crippen LogP contribution in [0.2, 0.25) is 0 Å². The molecule has 0 radical (unpaired) electrons. The lowest BCUT2D eigenvalue weighted by atomic mass is 9.96. The third-order valence-corrected chi connectivity index (χ3v) is 10.9. The third-order valence-electron chi connectivity index (χ3n) is 10.9. The number of rotatable bonds is 10. The van der Waals surface area contributed by atoms with Crippen LogP contribution in [0.15, 0.2) is 219 Å². The van der Waals surface area contributed by atoms with Crippen LogP contribution in [0.5, 0.6) is 0 Å². The van der Waals surface area contributed by atoms with E-state index in [1.54, 1.807) is 12.2 Å². The lowest BCUT2D eigenvalue weighted by Gasteiger charge is -2.11. The van der Waals surface area contributed by atoms with Crippen molar-refractivity contribution in [2.24, 2.45) is 0 Å². The minimum atomic E-state index is 0.543. The number of benzene rings is 8. The summed E-state index contributed by atoms with van der Waals surface area (Å²) >= 11 is 0. The molecule has 2 heterocycles. The van der Waals surface area contributed by atoms with Gasteiger partial charge in [0.05, 0.1) is 0 Å². The van der Waals surface area contributed by atoms with Crippen LogP contribution < -0.4 is 0 Å². The molecule has 292 valence electrons. The maximum Gasteiger partial charge on any atom is 0.164 e. The van der Waals surface area contributed by atoms with Gasteiger partial charge in [0.15, 0.2) is 34.9 Å². The van der Waals surface area contributed by atoms with Gasteiger partial charge in [0.2, 0.25) is 0 Å². The standard InChI is InChI=1S/C56H38N6/c1-3-13-37(4-2)51-57-52(42-15-7-5-8-16-42)59-54(58-51)44-27-20-39(21-28-44)47-31-24-41-25-32-48(36-50(41)35-47)40-22-29-45(30-23-40)55-60-53(43-17-9-6-10-18-43)61-56(62-55)49-33-26-38-14-11-12-19-46(38)34-49/h3-36H,1-2H2/b37-13+. The largest absolute Gasteiger partial charge is 0.208 e. The zero-order valence-electron chi connectivity index (χ0n) is 33.7. The molecule has 0 amide bonds. The Morgan fingerprint density at radius 2 is 0.661 bits per heavy atom. The van der Waals surface area contributed by atoms with Gasteiger partial charge in [0.1, 0.15) is 0 Å². The molecule has 6 nitrogen and oxygen atoms in total. The second-order valence-electron chi connectivity index (χ2n) is 14.9. The molecule has 2 aromatic heterocycles. The topological polar surface area (TPSA) is 77.3 Å². The zero-order chi connectivity index (χ0) is 41.8. The molecule has 0 bridgehead atoms. The van der Waals surface area contributed by atoms with Crippen molar-refractivity contribution in [1.82, 2.24) is 29.9 Å². The summed E-state index contributed by atoms with van der Waals surface area (Å²) in [4.78, 5) is 29.4. The van der Waals surface area contributed by atoms with Crippen molar-refractivity contribution >= 4 is 27.1 Å². The number of allylic oxidation sites excluding steroid dienone is 4. The molecule has 10 aromatic rings. The molecular formula is C56H38N6. The van der Waals surface area contributed by atoms with Crippen LogP contribution in [0, 0.1) is 0 Å². The predicted molar refractivity (Wildman–Crippen MR) is 255 cm³/mol. The lowest BCUT2D eigenvalue weighted by molar-refractivity contribution is 1.04. The van der Waals surface area contributed by atoms with E-state index in [0.29, 0.717) is 34.9 Å². The first-order valence-electron chi connectivity index (χ1n) is 20.4. The van der Waals surface area contributed by atoms with E-state index in [-0.39, 0.29) is 0 Å². The van der Waals surface area contributed by atoms with E-state index in [4.69, 9.17) is 29.9 Å². The fourth-order valence-electron chi connectivity index (χ4n) is 7.62. The molecule has 0 unspecified atom stereocenters. The van der Waals surface area contributed by atoms with E-state index in [9.17, 15) is 0 Å². The normalized spacial score (nSPS) is 11.5. The van der Waals surface area contributed by atoms with Gasteiger partial charge in [-0.1, -0.05) is 201 Å². The summed E-state index contributed by atoms with van der Waals surface area (Å²) in [6.45, 7) is 7.82. The second-order valence-corrected chi connectivity index (χ2v) is 14.9. The highest BCUT2D eigenvalue weighted by Crippen LogP contribution is 2.33. The summed E-state index contributed by atoms with van der Waals surface area (Å²) in [7, 11) is 0. The molecule has 6 heteroatoms. The number of fused-ring (bicyclic) bond motifs is 2. The van der Waals surface area contributed by atoms with E-state index in [1.165, 1.54) is 10.8 Å². The monoisotopic (exact) mass is 794 g/mol. The van der Waals surface area contributed by atoms with E-state index in [2.05, 4.69) is 141 Å². The van der Waals surface area contributed by atoms with Crippen molar-refractivity contribution < 1.29 is 0 Å². The molecule has 0 saturated heterocycles. The average Bonchev–Trinajstić information content (AvgIpc) is 3.35. The summed E-state index contributed by atoms with van der Waals surface area (Å²) in [5.74, 6) is 3.63. The maximum atomic E-state index is 5.01. The molecule has 0 aliphatic rings. The van der Waals surface area contributed by atoms with Crippen molar-refractivity contribution in [3.05, 3.63) is 225 Å². The van der Waals surface area contributed by atoms with Crippen molar-refractivity contribution in [1.29, 1.82) is 0 Å². The van der Waals surface area contributed by atoms with Crippen LogP contribution in [0.3, 0.4) is 0 Å². The molecule has 10 rings (SSSR count). The molecule has 0 aliphatic carbocycles. The van der Waals surface area contributed by atoms with Gasteiger partial charge < -0.3 is 0 Å². The Bertz CT molecular complexity index is 3300. The van der Waals surface area contributed by atoms with Crippen LogP contribution >= 0.6 is 0 Å². The van der Waals surface area contributed by atoms with Crippen LogP contribution in [0.1, 0.15) is 5.82 Å². The van der Waals surface area contributed by atoms with E-state index in [0.717, 1.165) is 66.4 Å². The SMILES string of the molecule is C=C/C=C(\C=C)c1nc(-c2ccccc2)nc(-c2ccc(-c3ccc4ccc(-c5ccc(-c6nc(-c7ccccc7)nc(-c7ccc8ccccc8c7)n6)cc5)cc4c3)cc2)n1. The van der Waals surface area contributed by atoms with Crippen molar-refractivity contribution in [2.75, 3.05) is 0 Å². The molecule has 0 fully saturated rings. The van der Waals surface area contributed by atoms with E-state index in [1.807, 2.05) is 66.7 Å². The average molecular weight is 795 g/mol. The van der Waals surface area contributed by atoms with Crippen LogP contribution in [-0.2, 0) is 0 Å². The molecule has 0 spiro atoms. The van der Waals surface area contributed by atoms with Crippen LogP contribution in [-0.4, -0.2) is 29.9 Å². The van der Waals surface area contributed by atoms with Crippen LogP contribution in [0.25, 0.3) is 106 Å². The van der Waals surface area contributed by atoms with Gasteiger partial charge in [-0.2, -0.15) is 0 Å². The Kier molecular flexibility index (Phi) is 10.1. The van der Waals surface area contributed by atoms with Gasteiger partial charge in [-0.05, 0) is 62.0 Å². The summed E-state index contributed by atoms with van der Waals surface area (Å²) in [6.07, 6.45) is 5.30. The first-order chi connectivity index (χ1) is 30.6. The highest BCUT2D eigenvalue weighted by Gasteiger charge is 2.15. The summed E-state index contributed by atoms with van der Waals surface area (Å²) in [6, 6.07) is 64.7. The summed E-state index contributed by atoms with van der Waals surface area (Å²) in [5.41, 5.74) is 9.82. The molecule has 0 aliphatic heterocycles. The Labute approximate surface area is 360 Å². The Hall–Kier alpha value is -8.48.